The molecule has 7 nitrogen and oxygen atoms in total. The van der Waals surface area contributed by atoms with Crippen LogP contribution in [0, 0.1) is 16.7 Å². The topological polar surface area (TPSA) is 89.4 Å². The highest BCUT2D eigenvalue weighted by atomic mass is 19.1. The van der Waals surface area contributed by atoms with Gasteiger partial charge in [0.25, 0.3) is 0 Å². The summed E-state index contributed by atoms with van der Waals surface area (Å²) in [6.07, 6.45) is 11.9. The standard InChI is InChI=1S/C24H27FN6O/c1-15(16-10-23(2)5-4-6-24(3,13-23)21(16)25)18-12-28-22(30-29-18)17-11-27-20(9-19(17)32)31-8-7-26-14-31/h7-9,11-12,14,16,21H,1,4-6,10,13H2,2-3H3,(H,27,32)/t16-,21-,23+,24+/m0/s1. The van der Waals surface area contributed by atoms with E-state index in [1.807, 2.05) is 0 Å². The fourth-order valence-electron chi connectivity index (χ4n) is 5.82. The maximum atomic E-state index is 15.6. The van der Waals surface area contributed by atoms with Crippen molar-refractivity contribution in [3.05, 3.63) is 59.7 Å². The van der Waals surface area contributed by atoms with Gasteiger partial charge in [0.05, 0.1) is 11.8 Å². The van der Waals surface area contributed by atoms with E-state index in [0.717, 1.165) is 32.1 Å². The van der Waals surface area contributed by atoms with Crippen LogP contribution in [-0.2, 0) is 0 Å². The molecular formula is C24H27FN6O. The second-order valence-corrected chi connectivity index (χ2v) is 9.97. The van der Waals surface area contributed by atoms with Gasteiger partial charge in [0, 0.05) is 30.6 Å². The van der Waals surface area contributed by atoms with Crippen LogP contribution < -0.4 is 5.43 Å². The van der Waals surface area contributed by atoms with Crippen molar-refractivity contribution in [2.45, 2.75) is 52.1 Å². The van der Waals surface area contributed by atoms with Crippen molar-refractivity contribution in [3.8, 4) is 17.2 Å². The molecule has 32 heavy (non-hydrogen) atoms. The second kappa shape index (κ2) is 7.46. The van der Waals surface area contributed by atoms with Crippen LogP contribution in [0.5, 0.6) is 0 Å². The lowest BCUT2D eigenvalue weighted by atomic mass is 9.52. The van der Waals surface area contributed by atoms with Crippen molar-refractivity contribution in [2.75, 3.05) is 0 Å². The summed E-state index contributed by atoms with van der Waals surface area (Å²) in [7, 11) is 0. The molecule has 1 N–H and O–H groups in total. The number of rotatable bonds is 4. The number of nitrogens with one attached hydrogen (secondary N) is 1. The van der Waals surface area contributed by atoms with Gasteiger partial charge in [-0.05, 0) is 42.1 Å². The quantitative estimate of drug-likeness (QED) is 0.659. The second-order valence-electron chi connectivity index (χ2n) is 9.97. The van der Waals surface area contributed by atoms with E-state index in [2.05, 4.69) is 45.6 Å². The Morgan fingerprint density at radius 3 is 2.84 bits per heavy atom. The lowest BCUT2D eigenvalue weighted by Gasteiger charge is -2.54. The van der Waals surface area contributed by atoms with Crippen molar-refractivity contribution in [1.82, 2.24) is 29.7 Å². The van der Waals surface area contributed by atoms with Crippen molar-refractivity contribution >= 4 is 5.57 Å². The first-order valence-corrected chi connectivity index (χ1v) is 11.0. The normalized spacial score (nSPS) is 29.6. The summed E-state index contributed by atoms with van der Waals surface area (Å²) in [5, 5.41) is 8.44. The number of alkyl halides is 1. The fourth-order valence-corrected chi connectivity index (χ4v) is 5.82. The molecule has 0 spiro atoms. The molecule has 2 saturated carbocycles. The minimum Gasteiger partial charge on any atom is -0.347 e. The zero-order chi connectivity index (χ0) is 22.5. The van der Waals surface area contributed by atoms with E-state index in [-0.39, 0.29) is 28.0 Å². The lowest BCUT2D eigenvalue weighted by Crippen LogP contribution is -2.49. The van der Waals surface area contributed by atoms with Gasteiger partial charge >= 0.3 is 0 Å². The summed E-state index contributed by atoms with van der Waals surface area (Å²) in [6, 6.07) is 1.46. The number of imidazole rings is 1. The van der Waals surface area contributed by atoms with Crippen LogP contribution in [0.4, 0.5) is 4.39 Å². The molecule has 166 valence electrons. The largest absolute Gasteiger partial charge is 0.347 e. The van der Waals surface area contributed by atoms with Crippen LogP contribution in [0.3, 0.4) is 0 Å². The molecule has 0 aromatic carbocycles. The van der Waals surface area contributed by atoms with Gasteiger partial charge in [0.15, 0.2) is 11.3 Å². The molecule has 8 heteroatoms. The van der Waals surface area contributed by atoms with Gasteiger partial charge in [-0.15, -0.1) is 10.2 Å². The number of aromatic amines is 1. The molecule has 2 bridgehead atoms. The molecule has 3 heterocycles. The van der Waals surface area contributed by atoms with Gasteiger partial charge in [-0.25, -0.2) is 14.4 Å². The average Bonchev–Trinajstić information content (AvgIpc) is 3.31. The number of pyridine rings is 1. The molecule has 4 atom stereocenters. The summed E-state index contributed by atoms with van der Waals surface area (Å²) in [5.41, 5.74) is 1.03. The molecule has 0 unspecified atom stereocenters. The molecule has 2 aliphatic carbocycles. The molecule has 2 aliphatic rings. The van der Waals surface area contributed by atoms with Gasteiger partial charge < -0.3 is 4.98 Å². The minimum atomic E-state index is -0.955. The Morgan fingerprint density at radius 1 is 1.31 bits per heavy atom. The van der Waals surface area contributed by atoms with E-state index in [1.165, 1.54) is 6.07 Å². The van der Waals surface area contributed by atoms with Gasteiger partial charge in [-0.1, -0.05) is 26.8 Å². The zero-order valence-corrected chi connectivity index (χ0v) is 18.4. The van der Waals surface area contributed by atoms with Crippen molar-refractivity contribution in [1.29, 1.82) is 0 Å². The van der Waals surface area contributed by atoms with Crippen LogP contribution in [-0.4, -0.2) is 35.9 Å². The van der Waals surface area contributed by atoms with Gasteiger partial charge in [-0.3, -0.25) is 9.36 Å². The number of halogens is 1. The first-order valence-electron chi connectivity index (χ1n) is 11.0. The molecule has 3 aromatic rings. The first-order chi connectivity index (χ1) is 15.3. The maximum absolute atomic E-state index is 15.6. The highest BCUT2D eigenvalue weighted by molar-refractivity contribution is 5.63. The number of aromatic nitrogens is 6. The summed E-state index contributed by atoms with van der Waals surface area (Å²) >= 11 is 0. The van der Waals surface area contributed by atoms with E-state index in [4.69, 9.17) is 0 Å². The molecule has 3 aromatic heterocycles. The Hall–Kier alpha value is -3.16. The van der Waals surface area contributed by atoms with Crippen molar-refractivity contribution < 1.29 is 4.39 Å². The zero-order valence-electron chi connectivity index (χ0n) is 18.4. The number of hydrogen-bond acceptors (Lipinski definition) is 5. The Balaban J connectivity index is 1.39. The first kappa shape index (κ1) is 20.7. The Labute approximate surface area is 185 Å². The Bertz CT molecular complexity index is 1200. The van der Waals surface area contributed by atoms with E-state index >= 15 is 4.39 Å². The Kier molecular flexibility index (Phi) is 4.83. The third-order valence-electron chi connectivity index (χ3n) is 7.35. The van der Waals surface area contributed by atoms with E-state index in [9.17, 15) is 4.79 Å². The highest BCUT2D eigenvalue weighted by Crippen LogP contribution is 2.59. The molecule has 2 fully saturated rings. The predicted molar refractivity (Wildman–Crippen MR) is 120 cm³/mol. The predicted octanol–water partition coefficient (Wildman–Crippen LogP) is 4.37. The van der Waals surface area contributed by atoms with Crippen LogP contribution in [0.25, 0.3) is 22.8 Å². The maximum Gasteiger partial charge on any atom is 0.194 e. The van der Waals surface area contributed by atoms with Crippen LogP contribution in [0.1, 0.15) is 51.6 Å². The van der Waals surface area contributed by atoms with E-state index < -0.39 is 6.17 Å². The number of allylic oxidation sites excluding steroid dienone is 1. The summed E-state index contributed by atoms with van der Waals surface area (Å²) in [6.45, 7) is 8.53. The van der Waals surface area contributed by atoms with Crippen molar-refractivity contribution in [3.63, 3.8) is 0 Å². The van der Waals surface area contributed by atoms with Crippen LogP contribution in [0.2, 0.25) is 0 Å². The highest BCUT2D eigenvalue weighted by Gasteiger charge is 2.53. The Morgan fingerprint density at radius 2 is 2.16 bits per heavy atom. The fraction of sp³-hybridized carbons (Fsp3) is 0.458. The number of nitrogens with zero attached hydrogens (tertiary/aromatic N) is 5. The summed E-state index contributed by atoms with van der Waals surface area (Å²) in [5.74, 6) is 0.517. The van der Waals surface area contributed by atoms with Crippen LogP contribution in [0.15, 0.2) is 48.6 Å². The monoisotopic (exact) mass is 434 g/mol. The number of H-pyrrole nitrogens is 1. The molecule has 0 aliphatic heterocycles. The summed E-state index contributed by atoms with van der Waals surface area (Å²) < 4.78 is 17.3. The van der Waals surface area contributed by atoms with E-state index in [1.54, 1.807) is 35.7 Å². The minimum absolute atomic E-state index is 0.133. The molecule has 0 saturated heterocycles. The van der Waals surface area contributed by atoms with Gasteiger partial charge in [-0.2, -0.15) is 0 Å². The lowest BCUT2D eigenvalue weighted by molar-refractivity contribution is -0.0620. The number of fused-ring (bicyclic) bond motifs is 2. The molecular weight excluding hydrogens is 407 g/mol. The van der Waals surface area contributed by atoms with Crippen molar-refractivity contribution in [2.24, 2.45) is 16.7 Å². The SMILES string of the molecule is C=C(c1cnc(-c2c[nH]c(-n3ccnc3)cc2=O)nn1)[C@@H]1C[C@@]2(C)CCC[C@](C)(C2)[C@H]1F. The van der Waals surface area contributed by atoms with Gasteiger partial charge in [0.2, 0.25) is 0 Å². The third kappa shape index (κ3) is 3.47. The molecule has 0 radical (unpaired) electrons. The van der Waals surface area contributed by atoms with E-state index in [0.29, 0.717) is 22.6 Å². The third-order valence-corrected chi connectivity index (χ3v) is 7.35. The smallest absolute Gasteiger partial charge is 0.194 e. The molecule has 0 amide bonds. The summed E-state index contributed by atoms with van der Waals surface area (Å²) in [4.78, 5) is 24.0. The average molecular weight is 435 g/mol. The van der Waals surface area contributed by atoms with Crippen LogP contribution >= 0.6 is 0 Å². The number of hydrogen-bond donors (Lipinski definition) is 1. The van der Waals surface area contributed by atoms with Gasteiger partial charge in [0.1, 0.15) is 24.0 Å². The molecule has 5 rings (SSSR count).